The maximum atomic E-state index is 5.20. The molecule has 2 heterocycles. The Morgan fingerprint density at radius 3 is 1.56 bits per heavy atom. The SMILES string of the molecule is CC1(C)c2ccccc2-c2cnc(-c3ccc(-c4nc(-c5ccccc5)nc(-c5ccccc5)n4)c4ccccc34)nc21. The van der Waals surface area contributed by atoms with Crippen molar-refractivity contribution in [2.24, 2.45) is 0 Å². The number of fused-ring (bicyclic) bond motifs is 4. The molecule has 43 heavy (non-hydrogen) atoms. The summed E-state index contributed by atoms with van der Waals surface area (Å²) in [5.74, 6) is 2.62. The third kappa shape index (κ3) is 4.12. The van der Waals surface area contributed by atoms with Crippen LogP contribution in [-0.4, -0.2) is 24.9 Å². The van der Waals surface area contributed by atoms with Gasteiger partial charge in [0.1, 0.15) is 0 Å². The average molecular weight is 554 g/mol. The number of aromatic nitrogens is 5. The van der Waals surface area contributed by atoms with Crippen molar-refractivity contribution in [1.82, 2.24) is 24.9 Å². The molecule has 0 saturated heterocycles. The molecule has 0 spiro atoms. The minimum atomic E-state index is -0.202. The maximum absolute atomic E-state index is 5.20. The molecule has 1 aliphatic carbocycles. The first-order chi connectivity index (χ1) is 21.1. The minimum absolute atomic E-state index is 0.202. The van der Waals surface area contributed by atoms with E-state index < -0.39 is 0 Å². The first-order valence-electron chi connectivity index (χ1n) is 14.4. The Morgan fingerprint density at radius 1 is 0.419 bits per heavy atom. The topological polar surface area (TPSA) is 64.5 Å². The number of hydrogen-bond acceptors (Lipinski definition) is 5. The molecule has 0 bridgehead atoms. The van der Waals surface area contributed by atoms with Gasteiger partial charge in [0, 0.05) is 39.4 Å². The summed E-state index contributed by atoms with van der Waals surface area (Å²) in [5.41, 5.74) is 8.27. The number of nitrogens with zero attached hydrogens (tertiary/aromatic N) is 5. The van der Waals surface area contributed by atoms with Crippen LogP contribution in [0.3, 0.4) is 0 Å². The van der Waals surface area contributed by atoms with Crippen molar-refractivity contribution in [3.63, 3.8) is 0 Å². The lowest BCUT2D eigenvalue weighted by Crippen LogP contribution is -2.17. The summed E-state index contributed by atoms with van der Waals surface area (Å²) in [5, 5.41) is 2.09. The summed E-state index contributed by atoms with van der Waals surface area (Å²) in [6.45, 7) is 4.48. The quantitative estimate of drug-likeness (QED) is 0.218. The van der Waals surface area contributed by atoms with Gasteiger partial charge in [-0.25, -0.2) is 24.9 Å². The first kappa shape index (κ1) is 25.2. The number of rotatable bonds is 4. The van der Waals surface area contributed by atoms with Crippen molar-refractivity contribution in [2.75, 3.05) is 0 Å². The van der Waals surface area contributed by atoms with Gasteiger partial charge in [0.05, 0.1) is 5.69 Å². The van der Waals surface area contributed by atoms with Crippen molar-refractivity contribution in [3.8, 4) is 56.7 Å². The minimum Gasteiger partial charge on any atom is -0.236 e. The van der Waals surface area contributed by atoms with Crippen LogP contribution in [-0.2, 0) is 5.41 Å². The van der Waals surface area contributed by atoms with Gasteiger partial charge in [-0.2, -0.15) is 0 Å². The van der Waals surface area contributed by atoms with Crippen LogP contribution in [0.4, 0.5) is 0 Å². The third-order valence-corrected chi connectivity index (χ3v) is 8.38. The smallest absolute Gasteiger partial charge is 0.164 e. The van der Waals surface area contributed by atoms with Crippen LogP contribution in [0, 0.1) is 0 Å². The van der Waals surface area contributed by atoms with Crippen molar-refractivity contribution < 1.29 is 0 Å². The van der Waals surface area contributed by atoms with Gasteiger partial charge in [-0.15, -0.1) is 0 Å². The van der Waals surface area contributed by atoms with Crippen LogP contribution in [0.5, 0.6) is 0 Å². The van der Waals surface area contributed by atoms with Gasteiger partial charge in [-0.05, 0) is 34.0 Å². The van der Waals surface area contributed by atoms with E-state index in [1.807, 2.05) is 66.9 Å². The molecule has 5 nitrogen and oxygen atoms in total. The molecular weight excluding hydrogens is 526 g/mol. The molecule has 0 radical (unpaired) electrons. The highest BCUT2D eigenvalue weighted by Crippen LogP contribution is 2.48. The summed E-state index contributed by atoms with van der Waals surface area (Å²) in [6.07, 6.45) is 1.98. The largest absolute Gasteiger partial charge is 0.236 e. The Kier molecular flexibility index (Phi) is 5.73. The lowest BCUT2D eigenvalue weighted by molar-refractivity contribution is 0.636. The summed E-state index contributed by atoms with van der Waals surface area (Å²) >= 11 is 0. The molecule has 204 valence electrons. The fraction of sp³-hybridized carbons (Fsp3) is 0.0789. The van der Waals surface area contributed by atoms with Crippen molar-refractivity contribution in [2.45, 2.75) is 19.3 Å². The van der Waals surface area contributed by atoms with E-state index in [0.717, 1.165) is 44.3 Å². The highest BCUT2D eigenvalue weighted by molar-refractivity contribution is 6.03. The van der Waals surface area contributed by atoms with Crippen LogP contribution >= 0.6 is 0 Å². The maximum Gasteiger partial charge on any atom is 0.164 e. The predicted molar refractivity (Wildman–Crippen MR) is 172 cm³/mol. The van der Waals surface area contributed by atoms with Crippen LogP contribution in [0.15, 0.2) is 128 Å². The van der Waals surface area contributed by atoms with Crippen LogP contribution in [0.2, 0.25) is 0 Å². The second-order valence-corrected chi connectivity index (χ2v) is 11.4. The zero-order valence-electron chi connectivity index (χ0n) is 23.9. The van der Waals surface area contributed by atoms with E-state index >= 15 is 0 Å². The third-order valence-electron chi connectivity index (χ3n) is 8.38. The van der Waals surface area contributed by atoms with E-state index in [1.165, 1.54) is 11.1 Å². The van der Waals surface area contributed by atoms with Crippen molar-refractivity contribution >= 4 is 10.8 Å². The van der Waals surface area contributed by atoms with E-state index in [-0.39, 0.29) is 5.41 Å². The second-order valence-electron chi connectivity index (χ2n) is 11.4. The average Bonchev–Trinajstić information content (AvgIpc) is 3.30. The molecule has 1 aliphatic rings. The van der Waals surface area contributed by atoms with E-state index in [9.17, 15) is 0 Å². The van der Waals surface area contributed by atoms with E-state index in [2.05, 4.69) is 74.5 Å². The molecule has 8 rings (SSSR count). The second kappa shape index (κ2) is 9.78. The summed E-state index contributed by atoms with van der Waals surface area (Å²) in [6, 6.07) is 41.2. The van der Waals surface area contributed by atoms with Crippen molar-refractivity contribution in [1.29, 1.82) is 0 Å². The molecule has 0 fully saturated rings. The molecule has 0 unspecified atom stereocenters. The molecule has 0 aliphatic heterocycles. The van der Waals surface area contributed by atoms with Gasteiger partial charge in [0.2, 0.25) is 0 Å². The Balaban J connectivity index is 1.30. The van der Waals surface area contributed by atoms with E-state index in [4.69, 9.17) is 24.9 Å². The number of hydrogen-bond donors (Lipinski definition) is 0. The highest BCUT2D eigenvalue weighted by Gasteiger charge is 2.37. The first-order valence-corrected chi connectivity index (χ1v) is 14.4. The lowest BCUT2D eigenvalue weighted by atomic mass is 9.85. The lowest BCUT2D eigenvalue weighted by Gasteiger charge is -2.20. The van der Waals surface area contributed by atoms with Gasteiger partial charge < -0.3 is 0 Å². The van der Waals surface area contributed by atoms with Gasteiger partial charge in [-0.1, -0.05) is 123 Å². The molecule has 5 heteroatoms. The van der Waals surface area contributed by atoms with Gasteiger partial charge >= 0.3 is 0 Å². The Bertz CT molecular complexity index is 2100. The monoisotopic (exact) mass is 553 g/mol. The van der Waals surface area contributed by atoms with Crippen LogP contribution in [0.1, 0.15) is 25.1 Å². The molecule has 2 aromatic heterocycles. The molecule has 0 saturated carbocycles. The highest BCUT2D eigenvalue weighted by atomic mass is 15.0. The molecule has 0 amide bonds. The fourth-order valence-corrected chi connectivity index (χ4v) is 6.19. The van der Waals surface area contributed by atoms with Crippen LogP contribution in [0.25, 0.3) is 67.5 Å². The van der Waals surface area contributed by atoms with E-state index in [1.54, 1.807) is 0 Å². The fourth-order valence-electron chi connectivity index (χ4n) is 6.19. The summed E-state index contributed by atoms with van der Waals surface area (Å²) < 4.78 is 0. The standard InChI is InChI=1S/C38H27N5/c1-38(2)32-20-12-11-19-28(32)31-23-39-36(40-33(31)38)29-21-22-30(27-18-10-9-17-26(27)29)37-42-34(24-13-5-3-6-14-24)41-35(43-37)25-15-7-4-8-16-25/h3-23H,1-2H3. The van der Waals surface area contributed by atoms with Gasteiger partial charge in [-0.3, -0.25) is 0 Å². The molecule has 7 aromatic rings. The van der Waals surface area contributed by atoms with E-state index in [0.29, 0.717) is 23.3 Å². The Hall–Kier alpha value is -5.55. The molecular formula is C38H27N5. The summed E-state index contributed by atoms with van der Waals surface area (Å²) in [7, 11) is 0. The van der Waals surface area contributed by atoms with Gasteiger partial charge in [0.25, 0.3) is 0 Å². The normalized spacial score (nSPS) is 13.1. The Morgan fingerprint density at radius 2 is 0.930 bits per heavy atom. The number of benzene rings is 5. The van der Waals surface area contributed by atoms with Gasteiger partial charge in [0.15, 0.2) is 23.3 Å². The molecule has 0 atom stereocenters. The molecule has 5 aromatic carbocycles. The molecule has 0 N–H and O–H groups in total. The summed E-state index contributed by atoms with van der Waals surface area (Å²) in [4.78, 5) is 24.9. The zero-order chi connectivity index (χ0) is 29.0. The Labute approximate surface area is 250 Å². The zero-order valence-corrected chi connectivity index (χ0v) is 23.9. The predicted octanol–water partition coefficient (Wildman–Crippen LogP) is 8.79. The van der Waals surface area contributed by atoms with Crippen LogP contribution < -0.4 is 0 Å². The van der Waals surface area contributed by atoms with Crippen molar-refractivity contribution in [3.05, 3.63) is 139 Å².